The average Bonchev–Trinajstić information content (AvgIpc) is 3.24. The molecular formula is C21H20N6O3. The number of aromatic nitrogens is 5. The molecule has 1 amide bonds. The molecular weight excluding hydrogens is 384 g/mol. The van der Waals surface area contributed by atoms with Crippen molar-refractivity contribution in [3.05, 3.63) is 71.2 Å². The Kier molecular flexibility index (Phi) is 5.34. The fraction of sp³-hybridized carbons (Fsp3) is 0.238. The maximum atomic E-state index is 12.8. The summed E-state index contributed by atoms with van der Waals surface area (Å²) < 4.78 is 6.80. The fourth-order valence-corrected chi connectivity index (χ4v) is 3.13. The van der Waals surface area contributed by atoms with Crippen LogP contribution in [-0.4, -0.2) is 30.6 Å². The van der Waals surface area contributed by atoms with E-state index in [1.54, 1.807) is 36.7 Å². The van der Waals surface area contributed by atoms with E-state index in [1.165, 1.54) is 10.8 Å². The topological polar surface area (TPSA) is 116 Å². The first-order valence-electron chi connectivity index (χ1n) is 9.51. The number of fused-ring (bicyclic) bond motifs is 1. The van der Waals surface area contributed by atoms with Crippen LogP contribution in [0.4, 0.5) is 0 Å². The van der Waals surface area contributed by atoms with Gasteiger partial charge in [0.15, 0.2) is 0 Å². The van der Waals surface area contributed by atoms with Crippen LogP contribution in [0.1, 0.15) is 25.8 Å². The van der Waals surface area contributed by atoms with Crippen molar-refractivity contribution in [2.45, 2.75) is 26.4 Å². The number of nitrogens with zero attached hydrogens (tertiary/aromatic N) is 5. The molecule has 1 unspecified atom stereocenters. The van der Waals surface area contributed by atoms with E-state index in [0.717, 1.165) is 5.56 Å². The number of carbonyl (C=O) groups is 1. The second-order valence-corrected chi connectivity index (χ2v) is 7.16. The normalized spacial score (nSPS) is 12.2. The summed E-state index contributed by atoms with van der Waals surface area (Å²) in [6.45, 7) is 3.73. The molecule has 9 nitrogen and oxygen atoms in total. The minimum Gasteiger partial charge on any atom is -0.342 e. The minimum absolute atomic E-state index is 0.0120. The van der Waals surface area contributed by atoms with E-state index >= 15 is 0 Å². The lowest BCUT2D eigenvalue weighted by molar-refractivity contribution is -0.123. The molecule has 3 heterocycles. The Bertz CT molecular complexity index is 1230. The van der Waals surface area contributed by atoms with E-state index in [0.29, 0.717) is 22.7 Å². The average molecular weight is 404 g/mol. The largest absolute Gasteiger partial charge is 0.342 e. The van der Waals surface area contributed by atoms with Gasteiger partial charge < -0.3 is 9.84 Å². The lowest BCUT2D eigenvalue weighted by Gasteiger charge is -2.19. The predicted molar refractivity (Wildman–Crippen MR) is 109 cm³/mol. The zero-order chi connectivity index (χ0) is 21.1. The number of nitrogens with one attached hydrogen (secondary N) is 1. The molecule has 0 bridgehead atoms. The van der Waals surface area contributed by atoms with Crippen LogP contribution in [0, 0.1) is 5.92 Å². The lowest BCUT2D eigenvalue weighted by Crippen LogP contribution is -2.37. The van der Waals surface area contributed by atoms with E-state index in [-0.39, 0.29) is 23.9 Å². The summed E-state index contributed by atoms with van der Waals surface area (Å²) in [5.41, 5.74) is 1.61. The van der Waals surface area contributed by atoms with Gasteiger partial charge in [0.1, 0.15) is 12.6 Å². The summed E-state index contributed by atoms with van der Waals surface area (Å²) >= 11 is 0. The second kappa shape index (κ2) is 8.24. The first kappa shape index (κ1) is 19.4. The van der Waals surface area contributed by atoms with Gasteiger partial charge in [0.2, 0.25) is 17.6 Å². The van der Waals surface area contributed by atoms with Crippen LogP contribution in [0.25, 0.3) is 22.4 Å². The molecule has 0 saturated carbocycles. The number of pyridine rings is 1. The number of rotatable bonds is 6. The number of hydrogen-bond acceptors (Lipinski definition) is 7. The molecule has 152 valence electrons. The van der Waals surface area contributed by atoms with Crippen LogP contribution in [0.2, 0.25) is 0 Å². The first-order valence-corrected chi connectivity index (χ1v) is 9.51. The van der Waals surface area contributed by atoms with E-state index in [9.17, 15) is 9.59 Å². The van der Waals surface area contributed by atoms with Crippen molar-refractivity contribution < 1.29 is 9.32 Å². The molecule has 0 radical (unpaired) electrons. The van der Waals surface area contributed by atoms with Gasteiger partial charge in [-0.25, -0.2) is 4.98 Å². The van der Waals surface area contributed by atoms with Crippen LogP contribution >= 0.6 is 0 Å². The Morgan fingerprint density at radius 2 is 2.00 bits per heavy atom. The lowest BCUT2D eigenvalue weighted by atomic mass is 10.0. The Balaban J connectivity index is 1.56. The molecule has 0 fully saturated rings. The molecule has 4 aromatic rings. The third-order valence-electron chi connectivity index (χ3n) is 4.67. The predicted octanol–water partition coefficient (Wildman–Crippen LogP) is 2.35. The Labute approximate surface area is 171 Å². The van der Waals surface area contributed by atoms with Crippen molar-refractivity contribution >= 4 is 16.9 Å². The molecule has 0 saturated heterocycles. The van der Waals surface area contributed by atoms with Crippen molar-refractivity contribution in [2.75, 3.05) is 0 Å². The highest BCUT2D eigenvalue weighted by Gasteiger charge is 2.25. The molecule has 1 N–H and O–H groups in total. The van der Waals surface area contributed by atoms with Crippen LogP contribution in [-0.2, 0) is 11.3 Å². The molecule has 0 aliphatic carbocycles. The second-order valence-electron chi connectivity index (χ2n) is 7.16. The summed E-state index contributed by atoms with van der Waals surface area (Å²) in [6, 6.07) is 10.3. The van der Waals surface area contributed by atoms with Crippen molar-refractivity contribution in [1.29, 1.82) is 0 Å². The first-order chi connectivity index (χ1) is 14.5. The third kappa shape index (κ3) is 3.95. The number of carbonyl (C=O) groups excluding carboxylic acids is 1. The smallest absolute Gasteiger partial charge is 0.269 e. The van der Waals surface area contributed by atoms with Crippen molar-refractivity contribution in [3.63, 3.8) is 0 Å². The number of hydrogen-bond donors (Lipinski definition) is 1. The van der Waals surface area contributed by atoms with Gasteiger partial charge in [-0.15, -0.1) is 0 Å². The van der Waals surface area contributed by atoms with Crippen LogP contribution in [0.15, 0.2) is 64.3 Å². The summed E-state index contributed by atoms with van der Waals surface area (Å²) in [4.78, 5) is 37.7. The number of benzene rings is 1. The minimum atomic E-state index is -0.501. The van der Waals surface area contributed by atoms with Crippen molar-refractivity contribution in [1.82, 2.24) is 30.0 Å². The molecule has 0 aliphatic rings. The standard InChI is InChI=1S/C21H20N6O3/c1-13(2)19(21-25-20(26-30-21)14-6-5-9-22-10-14)24-17(28)12-27-16-8-4-3-7-15(16)23-11-18(27)29/h3-11,13,19H,12H2,1-2H3,(H,24,28). The van der Waals surface area contributed by atoms with E-state index in [2.05, 4.69) is 25.4 Å². The van der Waals surface area contributed by atoms with Crippen LogP contribution in [0.3, 0.4) is 0 Å². The molecule has 30 heavy (non-hydrogen) atoms. The Morgan fingerprint density at radius 1 is 1.17 bits per heavy atom. The van der Waals surface area contributed by atoms with Gasteiger partial charge in [-0.3, -0.25) is 19.1 Å². The van der Waals surface area contributed by atoms with Gasteiger partial charge in [-0.1, -0.05) is 31.1 Å². The van der Waals surface area contributed by atoms with Gasteiger partial charge in [-0.2, -0.15) is 4.98 Å². The fourth-order valence-electron chi connectivity index (χ4n) is 3.13. The molecule has 1 aromatic carbocycles. The highest BCUT2D eigenvalue weighted by atomic mass is 16.5. The molecule has 3 aromatic heterocycles. The molecule has 0 spiro atoms. The molecule has 9 heteroatoms. The summed E-state index contributed by atoms with van der Waals surface area (Å²) in [5, 5.41) is 6.90. The molecule has 1 atom stereocenters. The summed E-state index contributed by atoms with van der Waals surface area (Å²) in [6.07, 6.45) is 4.51. The monoisotopic (exact) mass is 404 g/mol. The van der Waals surface area contributed by atoms with E-state index in [1.807, 2.05) is 26.0 Å². The van der Waals surface area contributed by atoms with Gasteiger partial charge >= 0.3 is 0 Å². The summed E-state index contributed by atoms with van der Waals surface area (Å²) in [7, 11) is 0. The Morgan fingerprint density at radius 3 is 2.77 bits per heavy atom. The van der Waals surface area contributed by atoms with Crippen molar-refractivity contribution in [3.8, 4) is 11.4 Å². The highest BCUT2D eigenvalue weighted by molar-refractivity contribution is 5.80. The van der Waals surface area contributed by atoms with Gasteiger partial charge in [-0.05, 0) is 30.2 Å². The van der Waals surface area contributed by atoms with Gasteiger partial charge in [0.25, 0.3) is 5.56 Å². The Hall–Kier alpha value is -3.88. The highest BCUT2D eigenvalue weighted by Crippen LogP contribution is 2.23. The third-order valence-corrected chi connectivity index (χ3v) is 4.67. The van der Waals surface area contributed by atoms with E-state index < -0.39 is 6.04 Å². The molecule has 0 aliphatic heterocycles. The zero-order valence-electron chi connectivity index (χ0n) is 16.5. The van der Waals surface area contributed by atoms with Crippen LogP contribution < -0.4 is 10.9 Å². The van der Waals surface area contributed by atoms with Gasteiger partial charge in [0.05, 0.1) is 17.2 Å². The maximum absolute atomic E-state index is 12.8. The quantitative estimate of drug-likeness (QED) is 0.524. The molecule has 4 rings (SSSR count). The number of amides is 1. The van der Waals surface area contributed by atoms with Crippen molar-refractivity contribution in [2.24, 2.45) is 5.92 Å². The summed E-state index contributed by atoms with van der Waals surface area (Å²) in [5.74, 6) is 0.341. The van der Waals surface area contributed by atoms with Crippen LogP contribution in [0.5, 0.6) is 0 Å². The number of para-hydroxylation sites is 2. The maximum Gasteiger partial charge on any atom is 0.269 e. The van der Waals surface area contributed by atoms with E-state index in [4.69, 9.17) is 4.52 Å². The SMILES string of the molecule is CC(C)C(NC(=O)Cn1c(=O)cnc2ccccc21)c1nc(-c2cccnc2)no1. The van der Waals surface area contributed by atoms with Gasteiger partial charge in [0, 0.05) is 18.0 Å². The zero-order valence-corrected chi connectivity index (χ0v) is 16.5.